The number of hydrogen-bond acceptors (Lipinski definition) is 1. The van der Waals surface area contributed by atoms with Crippen LogP contribution in [0.1, 0.15) is 17.5 Å². The molecule has 1 aromatic rings. The molecule has 0 N–H and O–H groups in total. The Morgan fingerprint density at radius 3 is 2.27 bits per heavy atom. The standard InChI is InChI=1S/C13H17NO/c1-14(2)13(15)9-10-7-11-5-3-4-6-12(11)8-10/h3-6,10H,7-9H2,1-2H3. The molecular formula is C13H17NO. The molecule has 80 valence electrons. The number of carbonyl (C=O) groups excluding carboxylic acids is 1. The molecule has 0 spiro atoms. The maximum absolute atomic E-state index is 11.6. The number of hydrogen-bond donors (Lipinski definition) is 0. The van der Waals surface area contributed by atoms with E-state index in [-0.39, 0.29) is 5.91 Å². The van der Waals surface area contributed by atoms with E-state index in [1.54, 1.807) is 4.90 Å². The highest BCUT2D eigenvalue weighted by Gasteiger charge is 2.23. The van der Waals surface area contributed by atoms with Crippen molar-refractivity contribution in [2.24, 2.45) is 5.92 Å². The fourth-order valence-corrected chi connectivity index (χ4v) is 2.22. The summed E-state index contributed by atoms with van der Waals surface area (Å²) >= 11 is 0. The first-order chi connectivity index (χ1) is 7.16. The average molecular weight is 203 g/mol. The van der Waals surface area contributed by atoms with Crippen molar-refractivity contribution in [1.29, 1.82) is 0 Å². The van der Waals surface area contributed by atoms with Gasteiger partial charge >= 0.3 is 0 Å². The molecule has 0 radical (unpaired) electrons. The molecule has 0 aliphatic heterocycles. The zero-order valence-electron chi connectivity index (χ0n) is 9.36. The second-order valence-electron chi connectivity index (χ2n) is 4.54. The highest BCUT2D eigenvalue weighted by molar-refractivity contribution is 5.76. The molecule has 2 rings (SSSR count). The molecule has 2 nitrogen and oxygen atoms in total. The van der Waals surface area contributed by atoms with Gasteiger partial charge in [0.25, 0.3) is 0 Å². The first-order valence-electron chi connectivity index (χ1n) is 5.43. The highest BCUT2D eigenvalue weighted by Crippen LogP contribution is 2.28. The number of rotatable bonds is 2. The molecule has 1 aliphatic rings. The van der Waals surface area contributed by atoms with Crippen molar-refractivity contribution in [3.05, 3.63) is 35.4 Å². The van der Waals surface area contributed by atoms with Gasteiger partial charge in [0.05, 0.1) is 0 Å². The third kappa shape index (κ3) is 2.20. The van der Waals surface area contributed by atoms with Gasteiger partial charge in [-0.3, -0.25) is 4.79 Å². The Balaban J connectivity index is 1.99. The van der Waals surface area contributed by atoms with Crippen molar-refractivity contribution in [3.8, 4) is 0 Å². The van der Waals surface area contributed by atoms with Gasteiger partial charge in [-0.05, 0) is 29.9 Å². The lowest BCUT2D eigenvalue weighted by Gasteiger charge is -2.13. The molecule has 0 unspecified atom stereocenters. The third-order valence-electron chi connectivity index (χ3n) is 3.10. The van der Waals surface area contributed by atoms with E-state index in [2.05, 4.69) is 24.3 Å². The Labute approximate surface area is 90.9 Å². The summed E-state index contributed by atoms with van der Waals surface area (Å²) < 4.78 is 0. The van der Waals surface area contributed by atoms with Crippen molar-refractivity contribution >= 4 is 5.91 Å². The Morgan fingerprint density at radius 2 is 1.80 bits per heavy atom. The summed E-state index contributed by atoms with van der Waals surface area (Å²) in [5, 5.41) is 0. The van der Waals surface area contributed by atoms with Crippen LogP contribution in [-0.2, 0) is 17.6 Å². The van der Waals surface area contributed by atoms with E-state index >= 15 is 0 Å². The maximum Gasteiger partial charge on any atom is 0.222 e. The van der Waals surface area contributed by atoms with E-state index in [9.17, 15) is 4.79 Å². The van der Waals surface area contributed by atoms with Gasteiger partial charge in [-0.1, -0.05) is 24.3 Å². The van der Waals surface area contributed by atoms with Crippen LogP contribution in [0.5, 0.6) is 0 Å². The van der Waals surface area contributed by atoms with E-state index in [1.807, 2.05) is 14.1 Å². The fraction of sp³-hybridized carbons (Fsp3) is 0.462. The normalized spacial score (nSPS) is 15.1. The third-order valence-corrected chi connectivity index (χ3v) is 3.10. The molecule has 0 aromatic heterocycles. The summed E-state index contributed by atoms with van der Waals surface area (Å²) in [6, 6.07) is 8.51. The molecule has 1 aliphatic carbocycles. The van der Waals surface area contributed by atoms with Crippen LogP contribution in [0.15, 0.2) is 24.3 Å². The van der Waals surface area contributed by atoms with Gasteiger partial charge in [0.2, 0.25) is 5.91 Å². The molecule has 1 aromatic carbocycles. The van der Waals surface area contributed by atoms with Crippen LogP contribution < -0.4 is 0 Å². The summed E-state index contributed by atoms with van der Waals surface area (Å²) in [5.41, 5.74) is 2.85. The lowest BCUT2D eigenvalue weighted by molar-refractivity contribution is -0.129. The van der Waals surface area contributed by atoms with Crippen molar-refractivity contribution in [3.63, 3.8) is 0 Å². The van der Waals surface area contributed by atoms with E-state index in [0.29, 0.717) is 12.3 Å². The Morgan fingerprint density at radius 1 is 1.27 bits per heavy atom. The molecule has 0 atom stereocenters. The molecule has 15 heavy (non-hydrogen) atoms. The maximum atomic E-state index is 11.6. The van der Waals surface area contributed by atoms with Crippen LogP contribution in [0.4, 0.5) is 0 Å². The summed E-state index contributed by atoms with van der Waals surface area (Å²) in [6.07, 6.45) is 2.81. The molecule has 0 bridgehead atoms. The SMILES string of the molecule is CN(C)C(=O)CC1Cc2ccccc2C1. The van der Waals surface area contributed by atoms with Gasteiger partial charge in [-0.25, -0.2) is 0 Å². The molecule has 1 amide bonds. The average Bonchev–Trinajstić information content (AvgIpc) is 2.59. The summed E-state index contributed by atoms with van der Waals surface area (Å²) in [6.45, 7) is 0. The minimum absolute atomic E-state index is 0.243. The van der Waals surface area contributed by atoms with Crippen molar-refractivity contribution in [2.45, 2.75) is 19.3 Å². The number of benzene rings is 1. The number of amides is 1. The van der Waals surface area contributed by atoms with Crippen LogP contribution in [0.2, 0.25) is 0 Å². The minimum atomic E-state index is 0.243. The van der Waals surface area contributed by atoms with E-state index in [1.165, 1.54) is 11.1 Å². The van der Waals surface area contributed by atoms with Crippen molar-refractivity contribution in [1.82, 2.24) is 4.90 Å². The topological polar surface area (TPSA) is 20.3 Å². The van der Waals surface area contributed by atoms with Crippen LogP contribution in [0.25, 0.3) is 0 Å². The predicted octanol–water partition coefficient (Wildman–Crippen LogP) is 1.88. The quantitative estimate of drug-likeness (QED) is 0.718. The Bertz CT molecular complexity index is 346. The molecule has 0 heterocycles. The van der Waals surface area contributed by atoms with Crippen LogP contribution >= 0.6 is 0 Å². The molecule has 0 saturated heterocycles. The Hall–Kier alpha value is -1.31. The van der Waals surface area contributed by atoms with Gasteiger partial charge in [-0.15, -0.1) is 0 Å². The smallest absolute Gasteiger partial charge is 0.222 e. The number of nitrogens with zero attached hydrogens (tertiary/aromatic N) is 1. The highest BCUT2D eigenvalue weighted by atomic mass is 16.2. The van der Waals surface area contributed by atoms with Crippen molar-refractivity contribution in [2.75, 3.05) is 14.1 Å². The zero-order valence-corrected chi connectivity index (χ0v) is 9.36. The van der Waals surface area contributed by atoms with E-state index in [4.69, 9.17) is 0 Å². The summed E-state index contributed by atoms with van der Waals surface area (Å²) in [7, 11) is 3.65. The van der Waals surface area contributed by atoms with E-state index < -0.39 is 0 Å². The first kappa shape index (κ1) is 10.2. The Kier molecular flexibility index (Phi) is 2.76. The largest absolute Gasteiger partial charge is 0.349 e. The summed E-state index contributed by atoms with van der Waals surface area (Å²) in [5.74, 6) is 0.755. The lowest BCUT2D eigenvalue weighted by Crippen LogP contribution is -2.24. The minimum Gasteiger partial charge on any atom is -0.349 e. The van der Waals surface area contributed by atoms with Gasteiger partial charge in [0.15, 0.2) is 0 Å². The number of carbonyl (C=O) groups is 1. The lowest BCUT2D eigenvalue weighted by atomic mass is 10.0. The monoisotopic (exact) mass is 203 g/mol. The van der Waals surface area contributed by atoms with Gasteiger partial charge in [-0.2, -0.15) is 0 Å². The second-order valence-corrected chi connectivity index (χ2v) is 4.54. The number of fused-ring (bicyclic) bond motifs is 1. The van der Waals surface area contributed by atoms with Gasteiger partial charge < -0.3 is 4.90 Å². The van der Waals surface area contributed by atoms with Crippen LogP contribution in [-0.4, -0.2) is 24.9 Å². The molecule has 0 fully saturated rings. The van der Waals surface area contributed by atoms with Crippen LogP contribution in [0, 0.1) is 5.92 Å². The first-order valence-corrected chi connectivity index (χ1v) is 5.43. The van der Waals surface area contributed by atoms with Crippen molar-refractivity contribution < 1.29 is 4.79 Å². The molecular weight excluding hydrogens is 186 g/mol. The predicted molar refractivity (Wildman–Crippen MR) is 60.7 cm³/mol. The second kappa shape index (κ2) is 4.05. The fourth-order valence-electron chi connectivity index (χ4n) is 2.22. The zero-order chi connectivity index (χ0) is 10.8. The molecule has 0 saturated carbocycles. The summed E-state index contributed by atoms with van der Waals surface area (Å²) in [4.78, 5) is 13.3. The molecule has 2 heteroatoms. The van der Waals surface area contributed by atoms with Gasteiger partial charge in [0, 0.05) is 20.5 Å². The van der Waals surface area contributed by atoms with Crippen LogP contribution in [0.3, 0.4) is 0 Å². The van der Waals surface area contributed by atoms with Gasteiger partial charge in [0.1, 0.15) is 0 Å². The van der Waals surface area contributed by atoms with E-state index in [0.717, 1.165) is 12.8 Å².